The van der Waals surface area contributed by atoms with Crippen LogP contribution in [0.25, 0.3) is 0 Å². The Morgan fingerprint density at radius 1 is 1.19 bits per heavy atom. The van der Waals surface area contributed by atoms with Gasteiger partial charge in [-0.3, -0.25) is 9.59 Å². The number of pyridine rings is 1. The van der Waals surface area contributed by atoms with Crippen molar-refractivity contribution in [3.05, 3.63) is 63.1 Å². The number of fused-ring (bicyclic) bond motifs is 1. The molecular formula is C28H35F3N4O2. The second-order valence-electron chi connectivity index (χ2n) is 11.6. The molecule has 1 aromatic heterocycles. The van der Waals surface area contributed by atoms with E-state index in [9.17, 15) is 22.8 Å². The van der Waals surface area contributed by atoms with Crippen LogP contribution in [0.3, 0.4) is 0 Å². The van der Waals surface area contributed by atoms with E-state index in [2.05, 4.69) is 29.5 Å². The van der Waals surface area contributed by atoms with Gasteiger partial charge in [0.15, 0.2) is 0 Å². The fraction of sp³-hybridized carbons (Fsp3) is 0.571. The van der Waals surface area contributed by atoms with Crippen LogP contribution in [0.1, 0.15) is 78.9 Å². The number of halogens is 3. The van der Waals surface area contributed by atoms with Crippen molar-refractivity contribution in [2.45, 2.75) is 70.8 Å². The number of hydrogen-bond acceptors (Lipinski definition) is 4. The number of alkyl halides is 3. The van der Waals surface area contributed by atoms with E-state index in [0.29, 0.717) is 17.2 Å². The smallest absolute Gasteiger partial charge is 0.255 e. The predicted molar refractivity (Wildman–Crippen MR) is 137 cm³/mol. The van der Waals surface area contributed by atoms with Crippen LogP contribution in [0.4, 0.5) is 18.9 Å². The highest BCUT2D eigenvalue weighted by molar-refractivity contribution is 5.99. The van der Waals surface area contributed by atoms with E-state index in [4.69, 9.17) is 0 Å². The van der Waals surface area contributed by atoms with E-state index in [1.807, 2.05) is 19.9 Å². The van der Waals surface area contributed by atoms with E-state index in [1.54, 1.807) is 12.1 Å². The summed E-state index contributed by atoms with van der Waals surface area (Å²) in [6.45, 7) is 9.18. The van der Waals surface area contributed by atoms with Gasteiger partial charge in [0.2, 0.25) is 0 Å². The molecule has 2 N–H and O–H groups in total. The zero-order chi connectivity index (χ0) is 26.9. The number of anilines is 1. The number of carbonyl (C=O) groups is 1. The van der Waals surface area contributed by atoms with E-state index in [-0.39, 0.29) is 17.0 Å². The summed E-state index contributed by atoms with van der Waals surface area (Å²) in [6, 6.07) is 5.77. The van der Waals surface area contributed by atoms with Crippen molar-refractivity contribution in [3.63, 3.8) is 0 Å². The number of amides is 1. The molecule has 3 fully saturated rings. The van der Waals surface area contributed by atoms with Crippen molar-refractivity contribution in [2.75, 3.05) is 25.5 Å². The summed E-state index contributed by atoms with van der Waals surface area (Å²) in [5.74, 6) is -2.80. The molecule has 37 heavy (non-hydrogen) atoms. The molecule has 0 bridgehead atoms. The molecule has 9 heteroatoms. The van der Waals surface area contributed by atoms with Crippen LogP contribution in [0.15, 0.2) is 35.3 Å². The largest absolute Gasteiger partial charge is 0.380 e. The van der Waals surface area contributed by atoms with E-state index >= 15 is 0 Å². The van der Waals surface area contributed by atoms with Crippen LogP contribution in [-0.2, 0) is 0 Å². The summed E-state index contributed by atoms with van der Waals surface area (Å²) in [4.78, 5) is 28.8. The molecule has 1 amide bonds. The lowest BCUT2D eigenvalue weighted by Crippen LogP contribution is -2.41. The molecule has 2 aromatic rings. The first-order valence-electron chi connectivity index (χ1n) is 12.9. The minimum absolute atomic E-state index is 0.0568. The maximum absolute atomic E-state index is 14.1. The molecule has 200 valence electrons. The highest BCUT2D eigenvalue weighted by atomic mass is 19.3. The molecule has 2 heterocycles. The van der Waals surface area contributed by atoms with Gasteiger partial charge in [0.1, 0.15) is 6.17 Å². The summed E-state index contributed by atoms with van der Waals surface area (Å²) >= 11 is 0. The van der Waals surface area contributed by atoms with Gasteiger partial charge < -0.3 is 20.1 Å². The van der Waals surface area contributed by atoms with Crippen molar-refractivity contribution in [1.82, 2.24) is 14.8 Å². The van der Waals surface area contributed by atoms with Crippen LogP contribution in [-0.4, -0.2) is 47.5 Å². The lowest BCUT2D eigenvalue weighted by molar-refractivity contribution is -0.104. The van der Waals surface area contributed by atoms with Crippen LogP contribution in [0.2, 0.25) is 0 Å². The molecule has 2 aliphatic carbocycles. The third-order valence-electron chi connectivity index (χ3n) is 8.73. The Morgan fingerprint density at radius 2 is 1.86 bits per heavy atom. The lowest BCUT2D eigenvalue weighted by Gasteiger charge is -2.36. The Kier molecular flexibility index (Phi) is 6.21. The van der Waals surface area contributed by atoms with Crippen LogP contribution < -0.4 is 16.2 Å². The molecule has 1 unspecified atom stereocenters. The van der Waals surface area contributed by atoms with Gasteiger partial charge in [0.05, 0.1) is 17.3 Å². The third-order valence-corrected chi connectivity index (χ3v) is 8.73. The molecule has 5 rings (SSSR count). The topological polar surface area (TPSA) is 66.4 Å². The van der Waals surface area contributed by atoms with Crippen molar-refractivity contribution in [2.24, 2.45) is 11.3 Å². The quantitative estimate of drug-likeness (QED) is 0.543. The monoisotopic (exact) mass is 516 g/mol. The van der Waals surface area contributed by atoms with Gasteiger partial charge >= 0.3 is 0 Å². The van der Waals surface area contributed by atoms with Gasteiger partial charge in [-0.15, -0.1) is 0 Å². The first-order chi connectivity index (χ1) is 17.3. The minimum Gasteiger partial charge on any atom is -0.380 e. The van der Waals surface area contributed by atoms with Gasteiger partial charge in [-0.25, -0.2) is 13.2 Å². The number of piperidine rings is 1. The van der Waals surface area contributed by atoms with Gasteiger partial charge in [0, 0.05) is 61.6 Å². The summed E-state index contributed by atoms with van der Waals surface area (Å²) < 4.78 is 42.5. The molecule has 2 saturated carbocycles. The van der Waals surface area contributed by atoms with Crippen molar-refractivity contribution in [1.29, 1.82) is 0 Å². The number of carbonyl (C=O) groups excluding carboxylic acids is 1. The number of benzene rings is 1. The van der Waals surface area contributed by atoms with Crippen LogP contribution in [0, 0.1) is 18.3 Å². The molecule has 1 aromatic carbocycles. The van der Waals surface area contributed by atoms with E-state index < -0.39 is 48.5 Å². The lowest BCUT2D eigenvalue weighted by atomic mass is 9.88. The summed E-state index contributed by atoms with van der Waals surface area (Å²) in [5, 5.41) is 6.42. The Morgan fingerprint density at radius 3 is 2.46 bits per heavy atom. The predicted octanol–water partition coefficient (Wildman–Crippen LogP) is 5.01. The highest BCUT2D eigenvalue weighted by Crippen LogP contribution is 2.58. The third kappa shape index (κ3) is 4.56. The Labute approximate surface area is 215 Å². The number of likely N-dealkylation sites (tertiary alicyclic amines) is 1. The van der Waals surface area contributed by atoms with Gasteiger partial charge in [0.25, 0.3) is 17.4 Å². The first kappa shape index (κ1) is 25.8. The number of nitrogens with zero attached hydrogens (tertiary/aromatic N) is 2. The van der Waals surface area contributed by atoms with Crippen LogP contribution >= 0.6 is 0 Å². The fourth-order valence-electron chi connectivity index (χ4n) is 6.49. The molecule has 1 saturated heterocycles. The Hall–Kier alpha value is -2.81. The molecule has 5 atom stereocenters. The van der Waals surface area contributed by atoms with E-state index in [0.717, 1.165) is 24.2 Å². The zero-order valence-electron chi connectivity index (χ0n) is 21.9. The van der Waals surface area contributed by atoms with Gasteiger partial charge in [-0.05, 0) is 44.5 Å². The molecule has 3 aliphatic rings. The minimum atomic E-state index is -2.79. The molecular weight excluding hydrogens is 481 g/mol. The zero-order valence-corrected chi connectivity index (χ0v) is 21.9. The first-order valence-corrected chi connectivity index (χ1v) is 12.9. The number of hydrogen-bond donors (Lipinski definition) is 2. The summed E-state index contributed by atoms with van der Waals surface area (Å²) in [5.41, 5.74) is 2.46. The van der Waals surface area contributed by atoms with Gasteiger partial charge in [-0.2, -0.15) is 0 Å². The Bertz CT molecular complexity index is 1280. The molecule has 1 aliphatic heterocycles. The second kappa shape index (κ2) is 8.89. The van der Waals surface area contributed by atoms with Crippen LogP contribution in [0.5, 0.6) is 0 Å². The molecule has 0 radical (unpaired) electrons. The average molecular weight is 517 g/mol. The number of rotatable bonds is 7. The van der Waals surface area contributed by atoms with Crippen molar-refractivity contribution >= 4 is 11.6 Å². The highest BCUT2D eigenvalue weighted by Gasteiger charge is 2.65. The van der Waals surface area contributed by atoms with E-state index in [1.165, 1.54) is 23.8 Å². The molecule has 0 spiro atoms. The fourth-order valence-corrected chi connectivity index (χ4v) is 6.49. The van der Waals surface area contributed by atoms with Gasteiger partial charge in [-0.1, -0.05) is 25.1 Å². The summed E-state index contributed by atoms with van der Waals surface area (Å²) in [6.07, 6.45) is -0.549. The summed E-state index contributed by atoms with van der Waals surface area (Å²) in [7, 11) is 2.07. The molecule has 6 nitrogen and oxygen atoms in total. The maximum Gasteiger partial charge on any atom is 0.255 e. The average Bonchev–Trinajstić information content (AvgIpc) is 3.14. The maximum atomic E-state index is 14.1. The van der Waals surface area contributed by atoms with Crippen molar-refractivity contribution < 1.29 is 18.0 Å². The van der Waals surface area contributed by atoms with Crippen molar-refractivity contribution in [3.8, 4) is 0 Å². The second-order valence-corrected chi connectivity index (χ2v) is 11.6. The number of nitrogens with one attached hydrogen (secondary N) is 2. The standard InChI is InChI=1S/C28H35F3N4O2/c1-15-19(16(2)29)7-6-8-20(15)17(3)32-26(37)21-12-35(18-10-28(30,31)11-18)24(36)9-23(21)33-25-22-13-34(5)14-27(22,25)4/h6-9,12,16-18,22,25,33H,10-11,13-14H2,1-5H3,(H,32,37)/t16?,17-,22+,25+,27+/m1/s1. The normalized spacial score (nSPS) is 28.2. The SMILES string of the molecule is Cc1c(C(C)F)cccc1[C@@H](C)NC(=O)c1cn(C2CC(F)(F)C2)c(=O)cc1N[C@H]1[C@@H]2CN(C)C[C@@]21C. The Balaban J connectivity index is 1.44. The number of aromatic nitrogens is 1.